The van der Waals surface area contributed by atoms with Crippen LogP contribution in [0.15, 0.2) is 0 Å². The van der Waals surface area contributed by atoms with Crippen LogP contribution in [0.2, 0.25) is 5.54 Å². The molecule has 0 spiro atoms. The highest BCUT2D eigenvalue weighted by atomic mass is 28.4. The number of hydrazine groups is 1. The first-order chi connectivity index (χ1) is 8.02. The molecule has 0 aromatic carbocycles. The minimum Gasteiger partial charge on any atom is -0.374 e. The first kappa shape index (κ1) is 16.4. The molecule has 0 aromatic heterocycles. The zero-order valence-corrected chi connectivity index (χ0v) is 12.3. The van der Waals surface area contributed by atoms with Crippen LogP contribution in [0.1, 0.15) is 34.6 Å². The Morgan fingerprint density at radius 3 is 1.41 bits per heavy atom. The molecule has 1 saturated heterocycles. The molecule has 0 aromatic rings. The van der Waals surface area contributed by atoms with E-state index in [0.29, 0.717) is 25.4 Å². The maximum atomic E-state index is 9.33. The lowest BCUT2D eigenvalue weighted by molar-refractivity contribution is 0.0641. The summed E-state index contributed by atoms with van der Waals surface area (Å²) in [5.41, 5.74) is 4.74. The number of rotatable bonds is 7. The molecular formula is C10H24N2O4Si. The Morgan fingerprint density at radius 2 is 1.29 bits per heavy atom. The normalized spacial score (nSPS) is 13.6. The first-order valence-corrected chi connectivity index (χ1v) is 7.80. The summed E-state index contributed by atoms with van der Waals surface area (Å²) < 4.78 is 17.0. The van der Waals surface area contributed by atoms with E-state index in [0.717, 1.165) is 0 Å². The van der Waals surface area contributed by atoms with Crippen molar-refractivity contribution >= 4 is 14.8 Å². The standard InChI is InChI=1S/C9H22O3Si.CH2N2O/c1-6-10-13(9(4)5,11-7-2)12-8-3;4-1-2-3-1/h9H,6-8H2,1-5H3;(H2,2,3,4). The minimum absolute atomic E-state index is 0.0833. The quantitative estimate of drug-likeness (QED) is 0.540. The van der Waals surface area contributed by atoms with Gasteiger partial charge in [0.25, 0.3) is 0 Å². The smallest absolute Gasteiger partial charge is 0.374 e. The zero-order chi connectivity index (χ0) is 13.3. The largest absolute Gasteiger partial charge is 0.503 e. The lowest BCUT2D eigenvalue weighted by atomic mass is 10.6. The van der Waals surface area contributed by atoms with Crippen molar-refractivity contribution in [3.8, 4) is 0 Å². The molecule has 1 rings (SSSR count). The molecular weight excluding hydrogens is 240 g/mol. The number of carbonyl (C=O) groups is 1. The Kier molecular flexibility index (Phi) is 8.14. The molecule has 0 unspecified atom stereocenters. The Labute approximate surface area is 104 Å². The van der Waals surface area contributed by atoms with Gasteiger partial charge in [0.05, 0.1) is 0 Å². The fraction of sp³-hybridized carbons (Fsp3) is 0.900. The Bertz CT molecular complexity index is 203. The van der Waals surface area contributed by atoms with Crippen molar-refractivity contribution in [3.63, 3.8) is 0 Å². The van der Waals surface area contributed by atoms with Gasteiger partial charge < -0.3 is 13.3 Å². The SMILES string of the molecule is CCO[Si](OCC)(OCC)C(C)C.O=C1NN1. The van der Waals surface area contributed by atoms with Gasteiger partial charge in [-0.25, -0.2) is 15.6 Å². The summed E-state index contributed by atoms with van der Waals surface area (Å²) in [5, 5.41) is 0. The van der Waals surface area contributed by atoms with Crippen LogP contribution in [0, 0.1) is 0 Å². The average molecular weight is 264 g/mol. The molecule has 1 fully saturated rings. The van der Waals surface area contributed by atoms with E-state index in [1.165, 1.54) is 0 Å². The van der Waals surface area contributed by atoms with Crippen LogP contribution < -0.4 is 10.9 Å². The van der Waals surface area contributed by atoms with Gasteiger partial charge in [0.2, 0.25) is 0 Å². The second-order valence-electron chi connectivity index (χ2n) is 3.64. The van der Waals surface area contributed by atoms with E-state index in [2.05, 4.69) is 24.7 Å². The molecule has 0 aliphatic carbocycles. The molecule has 1 aliphatic rings. The Balaban J connectivity index is 0.000000529. The molecule has 0 saturated carbocycles. The van der Waals surface area contributed by atoms with E-state index >= 15 is 0 Å². The first-order valence-electron chi connectivity index (χ1n) is 6.00. The van der Waals surface area contributed by atoms with Crippen molar-refractivity contribution in [2.45, 2.75) is 40.2 Å². The third-order valence-corrected chi connectivity index (χ3v) is 5.46. The molecule has 17 heavy (non-hydrogen) atoms. The number of hydrogen-bond acceptors (Lipinski definition) is 4. The van der Waals surface area contributed by atoms with Crippen molar-refractivity contribution in [1.82, 2.24) is 10.9 Å². The van der Waals surface area contributed by atoms with E-state index in [-0.39, 0.29) is 6.03 Å². The van der Waals surface area contributed by atoms with E-state index in [9.17, 15) is 4.79 Å². The molecule has 2 amide bonds. The van der Waals surface area contributed by atoms with Crippen molar-refractivity contribution in [3.05, 3.63) is 0 Å². The van der Waals surface area contributed by atoms with Gasteiger partial charge in [-0.05, 0) is 20.8 Å². The fourth-order valence-corrected chi connectivity index (χ4v) is 3.71. The summed E-state index contributed by atoms with van der Waals surface area (Å²) in [6.07, 6.45) is 0. The van der Waals surface area contributed by atoms with Crippen LogP contribution in [0.25, 0.3) is 0 Å². The number of amides is 2. The molecule has 0 bridgehead atoms. The summed E-state index contributed by atoms with van der Waals surface area (Å²) >= 11 is 0. The molecule has 102 valence electrons. The molecule has 7 heteroatoms. The van der Waals surface area contributed by atoms with E-state index in [1.54, 1.807) is 0 Å². The summed E-state index contributed by atoms with van der Waals surface area (Å²) in [7, 11) is -2.37. The van der Waals surface area contributed by atoms with Gasteiger partial charge in [-0.15, -0.1) is 0 Å². The summed E-state index contributed by atoms with van der Waals surface area (Å²) in [5.74, 6) is 0. The maximum absolute atomic E-state index is 9.33. The number of carbonyl (C=O) groups excluding carboxylic acids is 1. The van der Waals surface area contributed by atoms with E-state index in [4.69, 9.17) is 13.3 Å². The zero-order valence-electron chi connectivity index (χ0n) is 11.3. The highest BCUT2D eigenvalue weighted by Gasteiger charge is 2.44. The van der Waals surface area contributed by atoms with Gasteiger partial charge in [-0.1, -0.05) is 13.8 Å². The molecule has 6 nitrogen and oxygen atoms in total. The molecule has 0 atom stereocenters. The second kappa shape index (κ2) is 8.46. The van der Waals surface area contributed by atoms with Crippen LogP contribution in [-0.4, -0.2) is 34.7 Å². The monoisotopic (exact) mass is 264 g/mol. The van der Waals surface area contributed by atoms with E-state index in [1.807, 2.05) is 20.8 Å². The summed E-state index contributed by atoms with van der Waals surface area (Å²) in [6.45, 7) is 12.1. The van der Waals surface area contributed by atoms with Crippen molar-refractivity contribution in [2.24, 2.45) is 0 Å². The molecule has 0 radical (unpaired) electrons. The Hall–Kier alpha value is -0.633. The summed E-state index contributed by atoms with van der Waals surface area (Å²) in [6, 6.07) is -0.0833. The van der Waals surface area contributed by atoms with Gasteiger partial charge in [0.15, 0.2) is 0 Å². The van der Waals surface area contributed by atoms with E-state index < -0.39 is 8.80 Å². The van der Waals surface area contributed by atoms with Crippen LogP contribution in [0.5, 0.6) is 0 Å². The number of urea groups is 1. The van der Waals surface area contributed by atoms with Crippen LogP contribution >= 0.6 is 0 Å². The summed E-state index contributed by atoms with van der Waals surface area (Å²) in [4.78, 5) is 9.33. The maximum Gasteiger partial charge on any atom is 0.503 e. The molecule has 1 heterocycles. The number of nitrogens with one attached hydrogen (secondary N) is 2. The highest BCUT2D eigenvalue weighted by Crippen LogP contribution is 2.24. The number of hydrogen-bond donors (Lipinski definition) is 2. The average Bonchev–Trinajstić information content (AvgIpc) is 3.02. The van der Waals surface area contributed by atoms with Crippen LogP contribution in [-0.2, 0) is 13.3 Å². The van der Waals surface area contributed by atoms with Gasteiger partial charge in [0.1, 0.15) is 0 Å². The van der Waals surface area contributed by atoms with Gasteiger partial charge in [-0.3, -0.25) is 0 Å². The second-order valence-corrected chi connectivity index (χ2v) is 6.86. The fourth-order valence-electron chi connectivity index (χ4n) is 1.25. The van der Waals surface area contributed by atoms with Gasteiger partial charge >= 0.3 is 14.8 Å². The third-order valence-electron chi connectivity index (χ3n) is 1.97. The lowest BCUT2D eigenvalue weighted by Crippen LogP contribution is -2.48. The molecule has 1 aliphatic heterocycles. The topological polar surface area (TPSA) is 88.6 Å². The highest BCUT2D eigenvalue weighted by molar-refractivity contribution is 6.62. The van der Waals surface area contributed by atoms with Crippen molar-refractivity contribution in [1.29, 1.82) is 0 Å². The van der Waals surface area contributed by atoms with Crippen LogP contribution in [0.3, 0.4) is 0 Å². The van der Waals surface area contributed by atoms with Crippen molar-refractivity contribution in [2.75, 3.05) is 19.8 Å². The van der Waals surface area contributed by atoms with Gasteiger partial charge in [-0.2, -0.15) is 0 Å². The van der Waals surface area contributed by atoms with Gasteiger partial charge in [0, 0.05) is 25.4 Å². The van der Waals surface area contributed by atoms with Crippen molar-refractivity contribution < 1.29 is 18.1 Å². The lowest BCUT2D eigenvalue weighted by Gasteiger charge is -2.31. The minimum atomic E-state index is -2.37. The third kappa shape index (κ3) is 6.62. The predicted octanol–water partition coefficient (Wildman–Crippen LogP) is 1.66. The Morgan fingerprint density at radius 1 is 1.00 bits per heavy atom. The predicted molar refractivity (Wildman–Crippen MR) is 67.4 cm³/mol. The van der Waals surface area contributed by atoms with Crippen LogP contribution in [0.4, 0.5) is 4.79 Å². The molecule has 2 N–H and O–H groups in total.